The van der Waals surface area contributed by atoms with Gasteiger partial charge in [0.1, 0.15) is 5.82 Å². The van der Waals surface area contributed by atoms with Crippen LogP contribution in [0.25, 0.3) is 0 Å². The standard InChI is InChI=1S/C13H16BrN3O2S/c1-3-12-15-8-13(16-12)20(18,19)17(2)9-10-6-4-5-7-11(10)14/h4-8H,3,9H2,1-2H3,(H,15,16). The van der Waals surface area contributed by atoms with Crippen molar-refractivity contribution in [2.75, 3.05) is 7.05 Å². The molecule has 0 saturated heterocycles. The monoisotopic (exact) mass is 357 g/mol. The average molecular weight is 358 g/mol. The molecule has 0 unspecified atom stereocenters. The molecule has 0 bridgehead atoms. The lowest BCUT2D eigenvalue weighted by Gasteiger charge is -2.16. The van der Waals surface area contributed by atoms with E-state index < -0.39 is 10.0 Å². The molecule has 0 aliphatic rings. The maximum Gasteiger partial charge on any atom is 0.260 e. The molecular formula is C13H16BrN3O2S. The van der Waals surface area contributed by atoms with Gasteiger partial charge in [-0.05, 0) is 11.6 Å². The molecule has 7 heteroatoms. The molecule has 5 nitrogen and oxygen atoms in total. The number of H-pyrrole nitrogens is 1. The third-order valence-corrected chi connectivity index (χ3v) is 5.47. The van der Waals surface area contributed by atoms with E-state index in [2.05, 4.69) is 25.9 Å². The zero-order valence-corrected chi connectivity index (χ0v) is 13.7. The number of imidazole rings is 1. The van der Waals surface area contributed by atoms with E-state index in [-0.39, 0.29) is 5.03 Å². The first-order valence-electron chi connectivity index (χ1n) is 6.18. The number of hydrogen-bond acceptors (Lipinski definition) is 3. The lowest BCUT2D eigenvalue weighted by molar-refractivity contribution is 0.463. The first-order valence-corrected chi connectivity index (χ1v) is 8.42. The average Bonchev–Trinajstić information content (AvgIpc) is 2.90. The van der Waals surface area contributed by atoms with E-state index in [4.69, 9.17) is 0 Å². The zero-order chi connectivity index (χ0) is 14.8. The molecule has 108 valence electrons. The van der Waals surface area contributed by atoms with Crippen LogP contribution in [0.1, 0.15) is 18.3 Å². The summed E-state index contributed by atoms with van der Waals surface area (Å²) in [6, 6.07) is 7.55. The van der Waals surface area contributed by atoms with Crippen LogP contribution in [-0.4, -0.2) is 29.7 Å². The predicted octanol–water partition coefficient (Wildman–Crippen LogP) is 2.56. The highest BCUT2D eigenvalue weighted by Gasteiger charge is 2.23. The molecule has 1 aromatic heterocycles. The van der Waals surface area contributed by atoms with E-state index in [1.807, 2.05) is 31.2 Å². The molecule has 2 aromatic rings. The van der Waals surface area contributed by atoms with Crippen LogP contribution in [0.15, 0.2) is 40.0 Å². The Kier molecular flexibility index (Phi) is 4.62. The van der Waals surface area contributed by atoms with Gasteiger partial charge in [-0.2, -0.15) is 4.31 Å². The highest BCUT2D eigenvalue weighted by atomic mass is 79.9. The summed E-state index contributed by atoms with van der Waals surface area (Å²) < 4.78 is 27.0. The Bertz CT molecular complexity index is 697. The molecule has 0 saturated carbocycles. The van der Waals surface area contributed by atoms with E-state index in [0.29, 0.717) is 18.8 Å². The van der Waals surface area contributed by atoms with Crippen molar-refractivity contribution >= 4 is 26.0 Å². The number of benzene rings is 1. The summed E-state index contributed by atoms with van der Waals surface area (Å²) in [6.45, 7) is 2.21. The molecule has 1 N–H and O–H groups in total. The van der Waals surface area contributed by atoms with E-state index in [1.54, 1.807) is 7.05 Å². The fraction of sp³-hybridized carbons (Fsp3) is 0.308. The molecule has 0 radical (unpaired) electrons. The second-order valence-corrected chi connectivity index (χ2v) is 7.27. The Hall–Kier alpha value is -1.18. The summed E-state index contributed by atoms with van der Waals surface area (Å²) in [5.41, 5.74) is 0.911. The van der Waals surface area contributed by atoms with Gasteiger partial charge in [-0.1, -0.05) is 41.1 Å². The molecule has 0 aliphatic carbocycles. The summed E-state index contributed by atoms with van der Waals surface area (Å²) in [7, 11) is -1.99. The number of aromatic nitrogens is 2. The molecule has 0 aliphatic heterocycles. The van der Waals surface area contributed by atoms with Gasteiger partial charge in [-0.3, -0.25) is 0 Å². The number of halogens is 1. The van der Waals surface area contributed by atoms with Crippen molar-refractivity contribution in [3.05, 3.63) is 46.3 Å². The van der Waals surface area contributed by atoms with E-state index >= 15 is 0 Å². The van der Waals surface area contributed by atoms with Crippen LogP contribution in [0.4, 0.5) is 0 Å². The Morgan fingerprint density at radius 1 is 1.35 bits per heavy atom. The van der Waals surface area contributed by atoms with Crippen molar-refractivity contribution in [3.8, 4) is 0 Å². The summed E-state index contributed by atoms with van der Waals surface area (Å²) in [4.78, 5) is 6.87. The van der Waals surface area contributed by atoms with Gasteiger partial charge >= 0.3 is 0 Å². The van der Waals surface area contributed by atoms with E-state index in [9.17, 15) is 8.42 Å². The number of sulfonamides is 1. The Balaban J connectivity index is 2.23. The largest absolute Gasteiger partial charge is 0.332 e. The van der Waals surface area contributed by atoms with Gasteiger partial charge in [-0.15, -0.1) is 0 Å². The van der Waals surface area contributed by atoms with Gasteiger partial charge in [0.05, 0.1) is 6.20 Å². The highest BCUT2D eigenvalue weighted by Crippen LogP contribution is 2.20. The molecule has 0 atom stereocenters. The second-order valence-electron chi connectivity index (χ2n) is 4.40. The van der Waals surface area contributed by atoms with Crippen molar-refractivity contribution in [1.29, 1.82) is 0 Å². The number of rotatable bonds is 5. The number of aryl methyl sites for hydroxylation is 1. The fourth-order valence-electron chi connectivity index (χ4n) is 1.77. The van der Waals surface area contributed by atoms with E-state index in [1.165, 1.54) is 10.5 Å². The summed E-state index contributed by atoms with van der Waals surface area (Å²) in [5.74, 6) is 0.665. The smallest absolute Gasteiger partial charge is 0.260 e. The van der Waals surface area contributed by atoms with Gasteiger partial charge in [0.15, 0.2) is 5.03 Å². The van der Waals surface area contributed by atoms with Crippen molar-refractivity contribution in [2.24, 2.45) is 0 Å². The third-order valence-electron chi connectivity index (χ3n) is 2.98. The Morgan fingerprint density at radius 2 is 2.05 bits per heavy atom. The molecule has 1 aromatic carbocycles. The third kappa shape index (κ3) is 3.11. The van der Waals surface area contributed by atoms with Crippen LogP contribution in [0, 0.1) is 0 Å². The van der Waals surface area contributed by atoms with Crippen molar-refractivity contribution < 1.29 is 8.42 Å². The van der Waals surface area contributed by atoms with Crippen LogP contribution < -0.4 is 0 Å². The topological polar surface area (TPSA) is 66.1 Å². The fourth-order valence-corrected chi connectivity index (χ4v) is 3.26. The lowest BCUT2D eigenvalue weighted by atomic mass is 10.2. The minimum atomic E-state index is -3.55. The van der Waals surface area contributed by atoms with Gasteiger partial charge in [0, 0.05) is 24.5 Å². The summed E-state index contributed by atoms with van der Waals surface area (Å²) in [5, 5.41) is 0.129. The van der Waals surface area contributed by atoms with Crippen LogP contribution in [-0.2, 0) is 23.0 Å². The molecule has 20 heavy (non-hydrogen) atoms. The zero-order valence-electron chi connectivity index (χ0n) is 11.3. The first-order chi connectivity index (χ1) is 9.45. The molecule has 0 fully saturated rings. The Labute approximate surface area is 127 Å². The van der Waals surface area contributed by atoms with Crippen molar-refractivity contribution in [3.63, 3.8) is 0 Å². The number of nitrogens with one attached hydrogen (secondary N) is 1. The van der Waals surface area contributed by atoms with Crippen molar-refractivity contribution in [1.82, 2.24) is 14.3 Å². The van der Waals surface area contributed by atoms with E-state index in [0.717, 1.165) is 10.0 Å². The van der Waals surface area contributed by atoms with Gasteiger partial charge in [0.2, 0.25) is 0 Å². The number of aromatic amines is 1. The molecule has 2 rings (SSSR count). The molecule has 1 heterocycles. The predicted molar refractivity (Wildman–Crippen MR) is 80.8 cm³/mol. The highest BCUT2D eigenvalue weighted by molar-refractivity contribution is 9.10. The molecule has 0 spiro atoms. The van der Waals surface area contributed by atoms with Crippen LogP contribution in [0.2, 0.25) is 0 Å². The second kappa shape index (κ2) is 6.07. The van der Waals surface area contributed by atoms with Crippen molar-refractivity contribution in [2.45, 2.75) is 24.9 Å². The maximum atomic E-state index is 12.4. The van der Waals surface area contributed by atoms with Crippen LogP contribution in [0.5, 0.6) is 0 Å². The summed E-state index contributed by atoms with van der Waals surface area (Å²) in [6.07, 6.45) is 2.04. The number of hydrogen-bond donors (Lipinski definition) is 1. The molecular weight excluding hydrogens is 342 g/mol. The minimum absolute atomic E-state index is 0.129. The van der Waals surface area contributed by atoms with Crippen LogP contribution in [0.3, 0.4) is 0 Å². The quantitative estimate of drug-likeness (QED) is 0.893. The van der Waals surface area contributed by atoms with Crippen LogP contribution >= 0.6 is 15.9 Å². The summed E-state index contributed by atoms with van der Waals surface area (Å²) >= 11 is 3.42. The maximum absolute atomic E-state index is 12.4. The minimum Gasteiger partial charge on any atom is -0.332 e. The van der Waals surface area contributed by atoms with Gasteiger partial charge < -0.3 is 4.98 Å². The number of nitrogens with zero attached hydrogens (tertiary/aromatic N) is 2. The normalized spacial score (nSPS) is 12.0. The SMILES string of the molecule is CCc1ncc(S(=O)(=O)N(C)Cc2ccccc2Br)[nH]1. The molecule has 0 amide bonds. The lowest BCUT2D eigenvalue weighted by Crippen LogP contribution is -2.27. The van der Waals surface area contributed by atoms with Gasteiger partial charge in [0.25, 0.3) is 10.0 Å². The van der Waals surface area contributed by atoms with Gasteiger partial charge in [-0.25, -0.2) is 13.4 Å². The first kappa shape index (κ1) is 15.2. The Morgan fingerprint density at radius 3 is 2.65 bits per heavy atom.